The van der Waals surface area contributed by atoms with Gasteiger partial charge in [-0.2, -0.15) is 0 Å². The molecule has 0 bridgehead atoms. The molecular weight excluding hydrogens is 293 g/mol. The molecule has 1 saturated heterocycles. The zero-order valence-corrected chi connectivity index (χ0v) is 14.5. The van der Waals surface area contributed by atoms with E-state index in [1.54, 1.807) is 0 Å². The van der Waals surface area contributed by atoms with Gasteiger partial charge in [-0.05, 0) is 45.3 Å². The maximum absolute atomic E-state index is 11.8. The first-order chi connectivity index (χ1) is 10.7. The lowest BCUT2D eigenvalue weighted by Crippen LogP contribution is -2.41. The number of aromatic nitrogens is 1. The normalized spacial score (nSPS) is 19.3. The summed E-state index contributed by atoms with van der Waals surface area (Å²) in [7, 11) is 2.82. The number of nitrogens with zero attached hydrogens (tertiary/aromatic N) is 1. The Bertz CT molecular complexity index is 762. The van der Waals surface area contributed by atoms with Crippen molar-refractivity contribution in [2.75, 3.05) is 7.11 Å². The van der Waals surface area contributed by atoms with Gasteiger partial charge in [-0.1, -0.05) is 12.1 Å². The van der Waals surface area contributed by atoms with Gasteiger partial charge in [-0.3, -0.25) is 0 Å². The van der Waals surface area contributed by atoms with Crippen LogP contribution in [0.15, 0.2) is 24.3 Å². The van der Waals surface area contributed by atoms with E-state index in [1.165, 1.54) is 7.11 Å². The summed E-state index contributed by atoms with van der Waals surface area (Å²) in [5.74, 6) is -0.346. The monoisotopic (exact) mass is 315 g/mol. The van der Waals surface area contributed by atoms with E-state index in [1.807, 2.05) is 63.6 Å². The van der Waals surface area contributed by atoms with Crippen LogP contribution in [0.25, 0.3) is 10.9 Å². The lowest BCUT2D eigenvalue weighted by molar-refractivity contribution is 0.00578. The van der Waals surface area contributed by atoms with Crippen LogP contribution in [0, 0.1) is 0 Å². The number of methoxy groups -OCH3 is 1. The van der Waals surface area contributed by atoms with Crippen molar-refractivity contribution < 1.29 is 18.8 Å². The summed E-state index contributed by atoms with van der Waals surface area (Å²) >= 11 is 0. The Balaban J connectivity index is 2.00. The van der Waals surface area contributed by atoms with E-state index in [2.05, 4.69) is 0 Å². The summed E-state index contributed by atoms with van der Waals surface area (Å²) in [5, 5.41) is 0.958. The van der Waals surface area contributed by atoms with Crippen LogP contribution in [0.3, 0.4) is 0 Å². The van der Waals surface area contributed by atoms with Crippen molar-refractivity contribution in [2.24, 2.45) is 7.05 Å². The molecule has 0 spiro atoms. The summed E-state index contributed by atoms with van der Waals surface area (Å²) < 4.78 is 18.8. The molecule has 0 unspecified atom stereocenters. The Morgan fingerprint density at radius 2 is 1.74 bits per heavy atom. The number of hydrogen-bond acceptors (Lipinski definition) is 4. The SMILES string of the molecule is COC(=O)c1cc2cc(B3OC(C)(C)C(C)(C)O3)ccc2n1C. The van der Waals surface area contributed by atoms with Gasteiger partial charge in [0.1, 0.15) is 5.69 Å². The van der Waals surface area contributed by atoms with E-state index in [9.17, 15) is 4.79 Å². The molecule has 122 valence electrons. The topological polar surface area (TPSA) is 49.7 Å². The van der Waals surface area contributed by atoms with Gasteiger partial charge in [-0.25, -0.2) is 4.79 Å². The van der Waals surface area contributed by atoms with E-state index in [-0.39, 0.29) is 17.2 Å². The predicted molar refractivity (Wildman–Crippen MR) is 90.0 cm³/mol. The highest BCUT2D eigenvalue weighted by atomic mass is 16.7. The van der Waals surface area contributed by atoms with Gasteiger partial charge in [0, 0.05) is 18.0 Å². The van der Waals surface area contributed by atoms with Crippen molar-refractivity contribution >= 4 is 29.5 Å². The Labute approximate surface area is 136 Å². The van der Waals surface area contributed by atoms with Crippen LogP contribution in [0.2, 0.25) is 0 Å². The third-order valence-corrected chi connectivity index (χ3v) is 4.99. The van der Waals surface area contributed by atoms with Gasteiger partial charge >= 0.3 is 13.1 Å². The van der Waals surface area contributed by atoms with E-state index in [0.29, 0.717) is 5.69 Å². The summed E-state index contributed by atoms with van der Waals surface area (Å²) in [6, 6.07) is 7.79. The second kappa shape index (κ2) is 5.11. The molecule has 0 amide bonds. The quantitative estimate of drug-likeness (QED) is 0.630. The fourth-order valence-electron chi connectivity index (χ4n) is 2.79. The van der Waals surface area contributed by atoms with E-state index in [4.69, 9.17) is 14.0 Å². The number of fused-ring (bicyclic) bond motifs is 1. The number of rotatable bonds is 2. The van der Waals surface area contributed by atoms with Crippen molar-refractivity contribution in [1.29, 1.82) is 0 Å². The third-order valence-electron chi connectivity index (χ3n) is 4.99. The third kappa shape index (κ3) is 2.46. The smallest absolute Gasteiger partial charge is 0.464 e. The highest BCUT2D eigenvalue weighted by molar-refractivity contribution is 6.62. The van der Waals surface area contributed by atoms with Crippen LogP contribution in [-0.2, 0) is 21.1 Å². The largest absolute Gasteiger partial charge is 0.494 e. The molecule has 0 N–H and O–H groups in total. The number of benzene rings is 1. The highest BCUT2D eigenvalue weighted by Gasteiger charge is 2.51. The van der Waals surface area contributed by atoms with Crippen molar-refractivity contribution in [3.8, 4) is 0 Å². The van der Waals surface area contributed by atoms with Gasteiger partial charge in [0.15, 0.2) is 0 Å². The number of esters is 1. The van der Waals surface area contributed by atoms with Crippen LogP contribution in [0.5, 0.6) is 0 Å². The molecular formula is C17H22BNO4. The van der Waals surface area contributed by atoms with Crippen LogP contribution < -0.4 is 5.46 Å². The summed E-state index contributed by atoms with van der Waals surface area (Å²) in [5.41, 5.74) is 1.68. The number of aryl methyl sites for hydroxylation is 1. The first kappa shape index (κ1) is 16.1. The Morgan fingerprint density at radius 1 is 1.13 bits per heavy atom. The molecule has 1 aliphatic heterocycles. The zero-order chi connectivity index (χ0) is 17.0. The fourth-order valence-corrected chi connectivity index (χ4v) is 2.79. The minimum absolute atomic E-state index is 0.346. The standard InChI is InChI=1S/C17H22BNO4/c1-16(2)17(3,4)23-18(22-16)12-7-8-13-11(9-12)10-14(19(13)5)15(20)21-6/h7-10H,1-6H3. The average molecular weight is 315 g/mol. The summed E-state index contributed by atoms with van der Waals surface area (Å²) in [6.45, 7) is 8.12. The van der Waals surface area contributed by atoms with E-state index >= 15 is 0 Å². The first-order valence-corrected chi connectivity index (χ1v) is 7.69. The molecule has 2 heterocycles. The van der Waals surface area contributed by atoms with Gasteiger partial charge in [-0.15, -0.1) is 0 Å². The number of ether oxygens (including phenoxy) is 1. The molecule has 1 aromatic heterocycles. The maximum Gasteiger partial charge on any atom is 0.494 e. The summed E-state index contributed by atoms with van der Waals surface area (Å²) in [4.78, 5) is 11.8. The van der Waals surface area contributed by atoms with E-state index < -0.39 is 7.12 Å². The highest BCUT2D eigenvalue weighted by Crippen LogP contribution is 2.36. The second-order valence-electron chi connectivity index (χ2n) is 6.99. The van der Waals surface area contributed by atoms with Crippen molar-refractivity contribution in [1.82, 2.24) is 4.57 Å². The first-order valence-electron chi connectivity index (χ1n) is 7.69. The van der Waals surface area contributed by atoms with Crippen LogP contribution >= 0.6 is 0 Å². The van der Waals surface area contributed by atoms with Gasteiger partial charge in [0.25, 0.3) is 0 Å². The maximum atomic E-state index is 11.8. The van der Waals surface area contributed by atoms with Crippen molar-refractivity contribution in [3.63, 3.8) is 0 Å². The molecule has 0 atom stereocenters. The molecule has 23 heavy (non-hydrogen) atoms. The van der Waals surface area contributed by atoms with E-state index in [0.717, 1.165) is 16.4 Å². The molecule has 1 aliphatic rings. The van der Waals surface area contributed by atoms with Crippen LogP contribution in [0.1, 0.15) is 38.2 Å². The van der Waals surface area contributed by atoms with Gasteiger partial charge < -0.3 is 18.6 Å². The predicted octanol–water partition coefficient (Wildman–Crippen LogP) is 2.26. The Kier molecular flexibility index (Phi) is 3.57. The van der Waals surface area contributed by atoms with Crippen LogP contribution in [0.4, 0.5) is 0 Å². The molecule has 0 aliphatic carbocycles. The van der Waals surface area contributed by atoms with Crippen molar-refractivity contribution in [2.45, 2.75) is 38.9 Å². The van der Waals surface area contributed by atoms with Gasteiger partial charge in [0.2, 0.25) is 0 Å². The van der Waals surface area contributed by atoms with Crippen molar-refractivity contribution in [3.05, 3.63) is 30.0 Å². The molecule has 1 fully saturated rings. The molecule has 5 nitrogen and oxygen atoms in total. The number of carbonyl (C=O) groups excluding carboxylic acids is 1. The summed E-state index contributed by atoms with van der Waals surface area (Å²) in [6.07, 6.45) is 0. The molecule has 6 heteroatoms. The fraction of sp³-hybridized carbons (Fsp3) is 0.471. The zero-order valence-electron chi connectivity index (χ0n) is 14.5. The number of carbonyl (C=O) groups is 1. The second-order valence-corrected chi connectivity index (χ2v) is 6.99. The molecule has 1 aromatic carbocycles. The van der Waals surface area contributed by atoms with Crippen LogP contribution in [-0.4, -0.2) is 36.0 Å². The minimum atomic E-state index is -0.411. The lowest BCUT2D eigenvalue weighted by Gasteiger charge is -2.32. The Morgan fingerprint density at radius 3 is 2.30 bits per heavy atom. The molecule has 0 radical (unpaired) electrons. The minimum Gasteiger partial charge on any atom is -0.464 e. The molecule has 0 saturated carbocycles. The molecule has 3 rings (SSSR count). The molecule has 2 aromatic rings. The average Bonchev–Trinajstić information content (AvgIpc) is 2.92. The Hall–Kier alpha value is -1.79. The van der Waals surface area contributed by atoms with Gasteiger partial charge in [0.05, 0.1) is 18.3 Å². The lowest BCUT2D eigenvalue weighted by atomic mass is 9.78. The number of hydrogen-bond donors (Lipinski definition) is 0.